The number of hydrogen-bond acceptors (Lipinski definition) is 4. The summed E-state index contributed by atoms with van der Waals surface area (Å²) in [6.45, 7) is 2.97. The third kappa shape index (κ3) is 3.75. The number of likely N-dealkylation sites (tertiary alicyclic amines) is 2. The van der Waals surface area contributed by atoms with Crippen LogP contribution in [0.25, 0.3) is 0 Å². The van der Waals surface area contributed by atoms with E-state index in [1.807, 2.05) is 27.3 Å². The van der Waals surface area contributed by atoms with Crippen LogP contribution >= 0.6 is 11.3 Å². The first-order valence-electron chi connectivity index (χ1n) is 8.41. The minimum absolute atomic E-state index is 0.0523. The average molecular weight is 336 g/mol. The molecule has 0 bridgehead atoms. The lowest BCUT2D eigenvalue weighted by Crippen LogP contribution is -2.48. The molecule has 2 saturated heterocycles. The average Bonchev–Trinajstić information content (AvgIpc) is 3.15. The summed E-state index contributed by atoms with van der Waals surface area (Å²) in [5.74, 6) is 0.502. The predicted molar refractivity (Wildman–Crippen MR) is 89.3 cm³/mol. The summed E-state index contributed by atoms with van der Waals surface area (Å²) in [7, 11) is 0. The van der Waals surface area contributed by atoms with Crippen LogP contribution in [0.4, 0.5) is 0 Å². The fraction of sp³-hybridized carbons (Fsp3) is 0.647. The lowest BCUT2D eigenvalue weighted by molar-refractivity contribution is -0.138. The highest BCUT2D eigenvalue weighted by Gasteiger charge is 2.33. The molecule has 2 aliphatic rings. The molecule has 2 aliphatic heterocycles. The first-order chi connectivity index (χ1) is 11.2. The number of rotatable bonds is 3. The highest BCUT2D eigenvalue weighted by Crippen LogP contribution is 2.24. The summed E-state index contributed by atoms with van der Waals surface area (Å²) >= 11 is 1.45. The first-order valence-corrected chi connectivity index (χ1v) is 9.29. The molecule has 2 fully saturated rings. The van der Waals surface area contributed by atoms with Crippen LogP contribution in [0.3, 0.4) is 0 Å². The molecule has 5 nitrogen and oxygen atoms in total. The number of thiophene rings is 1. The molecule has 1 N–H and O–H groups in total. The Bertz CT molecular complexity index is 538. The number of aliphatic hydroxyl groups is 1. The molecule has 1 aromatic heterocycles. The van der Waals surface area contributed by atoms with Gasteiger partial charge in [0, 0.05) is 32.8 Å². The number of amides is 2. The van der Waals surface area contributed by atoms with Gasteiger partial charge in [0.15, 0.2) is 0 Å². The zero-order valence-electron chi connectivity index (χ0n) is 13.3. The number of carbonyl (C=O) groups is 2. The summed E-state index contributed by atoms with van der Waals surface area (Å²) in [6, 6.07) is 3.73. The Hall–Kier alpha value is -1.40. The molecule has 0 spiro atoms. The van der Waals surface area contributed by atoms with E-state index in [0.717, 1.165) is 50.2 Å². The van der Waals surface area contributed by atoms with Crippen molar-refractivity contribution < 1.29 is 14.7 Å². The lowest BCUT2D eigenvalue weighted by Gasteiger charge is -2.37. The highest BCUT2D eigenvalue weighted by atomic mass is 32.1. The Balaban J connectivity index is 1.58. The molecule has 0 radical (unpaired) electrons. The van der Waals surface area contributed by atoms with Crippen molar-refractivity contribution in [3.63, 3.8) is 0 Å². The molecular formula is C17H24N2O3S. The van der Waals surface area contributed by atoms with Gasteiger partial charge in [-0.15, -0.1) is 11.3 Å². The van der Waals surface area contributed by atoms with Gasteiger partial charge in [0.1, 0.15) is 0 Å². The van der Waals surface area contributed by atoms with Crippen LogP contribution in [0.2, 0.25) is 0 Å². The van der Waals surface area contributed by atoms with Crippen LogP contribution in [0.1, 0.15) is 35.4 Å². The van der Waals surface area contributed by atoms with E-state index in [1.165, 1.54) is 11.3 Å². The molecule has 126 valence electrons. The predicted octanol–water partition coefficient (Wildman–Crippen LogP) is 1.83. The Morgan fingerprint density at radius 3 is 2.61 bits per heavy atom. The van der Waals surface area contributed by atoms with E-state index >= 15 is 0 Å². The van der Waals surface area contributed by atoms with Gasteiger partial charge in [-0.3, -0.25) is 9.59 Å². The monoisotopic (exact) mass is 336 g/mol. The quantitative estimate of drug-likeness (QED) is 0.916. The molecule has 3 rings (SSSR count). The Labute approximate surface area is 140 Å². The van der Waals surface area contributed by atoms with E-state index in [0.29, 0.717) is 12.5 Å². The number of hydrogen-bond donors (Lipinski definition) is 1. The van der Waals surface area contributed by atoms with Gasteiger partial charge < -0.3 is 14.9 Å². The molecule has 0 aromatic carbocycles. The van der Waals surface area contributed by atoms with Crippen LogP contribution in [0.5, 0.6) is 0 Å². The molecule has 1 aromatic rings. The molecule has 0 aliphatic carbocycles. The smallest absolute Gasteiger partial charge is 0.263 e. The van der Waals surface area contributed by atoms with Gasteiger partial charge in [0.05, 0.1) is 10.8 Å². The molecule has 1 atom stereocenters. The zero-order chi connectivity index (χ0) is 16.2. The Morgan fingerprint density at radius 2 is 1.96 bits per heavy atom. The van der Waals surface area contributed by atoms with Gasteiger partial charge in [-0.1, -0.05) is 6.07 Å². The van der Waals surface area contributed by atoms with Crippen molar-refractivity contribution >= 4 is 23.2 Å². The van der Waals surface area contributed by atoms with Gasteiger partial charge in [0.2, 0.25) is 5.91 Å². The summed E-state index contributed by atoms with van der Waals surface area (Å²) in [4.78, 5) is 29.7. The maximum absolute atomic E-state index is 12.7. The van der Waals surface area contributed by atoms with Crippen LogP contribution in [0, 0.1) is 11.8 Å². The largest absolute Gasteiger partial charge is 0.396 e. The molecule has 0 saturated carbocycles. The number of nitrogens with zero attached hydrogens (tertiary/aromatic N) is 2. The Kier molecular flexibility index (Phi) is 5.33. The minimum Gasteiger partial charge on any atom is -0.396 e. The van der Waals surface area contributed by atoms with Crippen molar-refractivity contribution in [3.8, 4) is 0 Å². The molecule has 1 unspecified atom stereocenters. The van der Waals surface area contributed by atoms with E-state index in [4.69, 9.17) is 0 Å². The van der Waals surface area contributed by atoms with Crippen molar-refractivity contribution in [1.29, 1.82) is 0 Å². The molecule has 3 heterocycles. The normalized spacial score (nSPS) is 23.1. The summed E-state index contributed by atoms with van der Waals surface area (Å²) in [5, 5.41) is 11.1. The van der Waals surface area contributed by atoms with Gasteiger partial charge in [-0.25, -0.2) is 0 Å². The van der Waals surface area contributed by atoms with Crippen molar-refractivity contribution in [1.82, 2.24) is 9.80 Å². The maximum atomic E-state index is 12.7. The van der Waals surface area contributed by atoms with Crippen molar-refractivity contribution in [2.24, 2.45) is 11.8 Å². The van der Waals surface area contributed by atoms with Gasteiger partial charge in [-0.2, -0.15) is 0 Å². The van der Waals surface area contributed by atoms with Gasteiger partial charge in [0.25, 0.3) is 5.91 Å². The topological polar surface area (TPSA) is 60.9 Å². The van der Waals surface area contributed by atoms with E-state index in [2.05, 4.69) is 0 Å². The van der Waals surface area contributed by atoms with Crippen molar-refractivity contribution in [2.75, 3.05) is 32.8 Å². The molecule has 2 amide bonds. The summed E-state index contributed by atoms with van der Waals surface area (Å²) in [6.07, 6.45) is 3.52. The van der Waals surface area contributed by atoms with Crippen LogP contribution < -0.4 is 0 Å². The fourth-order valence-electron chi connectivity index (χ4n) is 3.51. The van der Waals surface area contributed by atoms with Crippen LogP contribution in [-0.4, -0.2) is 59.5 Å². The third-order valence-corrected chi connectivity index (χ3v) is 5.83. The van der Waals surface area contributed by atoms with E-state index in [9.17, 15) is 14.7 Å². The Morgan fingerprint density at radius 1 is 1.17 bits per heavy atom. The molecule has 23 heavy (non-hydrogen) atoms. The van der Waals surface area contributed by atoms with Crippen LogP contribution in [0.15, 0.2) is 17.5 Å². The van der Waals surface area contributed by atoms with Crippen molar-refractivity contribution in [2.45, 2.75) is 25.7 Å². The summed E-state index contributed by atoms with van der Waals surface area (Å²) < 4.78 is 0. The second-order valence-electron chi connectivity index (χ2n) is 6.52. The van der Waals surface area contributed by atoms with Gasteiger partial charge >= 0.3 is 0 Å². The second-order valence-corrected chi connectivity index (χ2v) is 7.47. The van der Waals surface area contributed by atoms with E-state index in [-0.39, 0.29) is 24.3 Å². The zero-order valence-corrected chi connectivity index (χ0v) is 14.1. The molecule has 6 heteroatoms. The lowest BCUT2D eigenvalue weighted by atomic mass is 9.93. The number of aliphatic hydroxyl groups excluding tert-OH is 1. The minimum atomic E-state index is -0.0710. The van der Waals surface area contributed by atoms with E-state index < -0.39 is 0 Å². The van der Waals surface area contributed by atoms with Crippen molar-refractivity contribution in [3.05, 3.63) is 22.4 Å². The third-order valence-electron chi connectivity index (χ3n) is 4.97. The SMILES string of the molecule is O=C(c1cccs1)N1CCCC(C(=O)N2CCC(CO)CC2)C1. The number of carbonyl (C=O) groups excluding carboxylic acids is 2. The molecular weight excluding hydrogens is 312 g/mol. The standard InChI is InChI=1S/C17H24N2O3S/c20-12-13-5-8-18(9-6-13)16(21)14-3-1-7-19(11-14)17(22)15-4-2-10-23-15/h2,4,10,13-14,20H,1,3,5-9,11-12H2. The van der Waals surface area contributed by atoms with Gasteiger partial charge in [-0.05, 0) is 43.0 Å². The second kappa shape index (κ2) is 7.45. The number of piperidine rings is 2. The summed E-state index contributed by atoms with van der Waals surface area (Å²) in [5.41, 5.74) is 0. The van der Waals surface area contributed by atoms with E-state index in [1.54, 1.807) is 0 Å². The first kappa shape index (κ1) is 16.5. The maximum Gasteiger partial charge on any atom is 0.263 e. The highest BCUT2D eigenvalue weighted by molar-refractivity contribution is 7.12. The van der Waals surface area contributed by atoms with Crippen LogP contribution in [-0.2, 0) is 4.79 Å². The fourth-order valence-corrected chi connectivity index (χ4v) is 4.20.